The molecule has 1 amide bonds. The highest BCUT2D eigenvalue weighted by molar-refractivity contribution is 7.90. The Kier molecular flexibility index (Phi) is 39.1. The number of pyridine rings is 4. The number of piperazine rings is 1. The SMILES string of the molecule is CC(C)c1ccc(OCCN2CCN(C)C(=O)[C@H]2C)cc1.CCS(=O)(=O)Cc1ccc(CN2CCCC(C(C)C)C2)c(-c2cn(C)c(=O)cc2OC)c1.CCS(=O)(=O)Cc1ccc(Oc2cccc(C(C)C)c2)c(-c2cn(C)c(=O)cc2OC)c1.COc1cc(=O)n(C)cc1-c1ccccc1CN1CCC(C(C)C)CC1.COc1cc(=O)n(C)cc1-c1ccccc1Oc1cccc(C(C)C)c1. The van der Waals surface area contributed by atoms with Gasteiger partial charge in [0.05, 0.1) is 46.0 Å². The van der Waals surface area contributed by atoms with Crippen LogP contribution in [0.1, 0.15) is 172 Å². The van der Waals surface area contributed by atoms with Crippen LogP contribution in [0.25, 0.3) is 44.5 Å². The zero-order chi connectivity index (χ0) is 99.7. The Morgan fingerprint density at radius 1 is 0.372 bits per heavy atom. The Bertz CT molecular complexity index is 6370. The van der Waals surface area contributed by atoms with Gasteiger partial charge in [-0.25, -0.2) is 16.8 Å². The van der Waals surface area contributed by atoms with Crippen molar-refractivity contribution in [2.24, 2.45) is 51.9 Å². The van der Waals surface area contributed by atoms with Crippen LogP contribution in [0, 0.1) is 23.7 Å². The first kappa shape index (κ1) is 107. The number of sulfone groups is 2. The molecular formula is C111H144N8O16S2. The number of hydrogen-bond donors (Lipinski definition) is 0. The van der Waals surface area contributed by atoms with Gasteiger partial charge in [-0.05, 0) is 204 Å². The van der Waals surface area contributed by atoms with Gasteiger partial charge in [-0.1, -0.05) is 180 Å². The Hall–Kier alpha value is -11.8. The molecule has 2 atom stereocenters. The summed E-state index contributed by atoms with van der Waals surface area (Å²) in [5.74, 6) is 10.3. The molecule has 4 aromatic heterocycles. The largest absolute Gasteiger partial charge is 0.496 e. The van der Waals surface area contributed by atoms with E-state index in [1.165, 1.54) is 81.4 Å². The van der Waals surface area contributed by atoms with Crippen molar-refractivity contribution in [1.29, 1.82) is 0 Å². The van der Waals surface area contributed by atoms with Crippen molar-refractivity contribution in [3.63, 3.8) is 0 Å². The first-order valence-corrected chi connectivity index (χ1v) is 51.4. The van der Waals surface area contributed by atoms with E-state index in [-0.39, 0.29) is 57.2 Å². The topological polar surface area (TPSA) is 251 Å². The summed E-state index contributed by atoms with van der Waals surface area (Å²) in [6, 6.07) is 57.6. The fourth-order valence-electron chi connectivity index (χ4n) is 17.2. The van der Waals surface area contributed by atoms with Crippen molar-refractivity contribution in [3.05, 3.63) is 287 Å². The Balaban J connectivity index is 0.000000178. The number of carbonyl (C=O) groups excluding carboxylic acids is 1. The van der Waals surface area contributed by atoms with Crippen LogP contribution in [-0.4, -0.2) is 166 Å². The number of aromatic nitrogens is 4. The zero-order valence-corrected chi connectivity index (χ0v) is 86.0. The van der Waals surface area contributed by atoms with Crippen LogP contribution < -0.4 is 55.4 Å². The smallest absolute Gasteiger partial charge is 0.254 e. The number of hydrogen-bond acceptors (Lipinski definition) is 19. The van der Waals surface area contributed by atoms with E-state index in [1.54, 1.807) is 116 Å². The predicted molar refractivity (Wildman–Crippen MR) is 553 cm³/mol. The van der Waals surface area contributed by atoms with Gasteiger partial charge in [-0.2, -0.15) is 0 Å². The molecular weight excluding hydrogens is 1770 g/mol. The molecule has 0 bridgehead atoms. The summed E-state index contributed by atoms with van der Waals surface area (Å²) in [5.41, 5.74) is 13.8. The molecule has 0 saturated carbocycles. The molecule has 0 aliphatic carbocycles. The molecule has 0 N–H and O–H groups in total. The van der Waals surface area contributed by atoms with Gasteiger partial charge in [0.15, 0.2) is 19.7 Å². The molecule has 137 heavy (non-hydrogen) atoms. The molecule has 736 valence electrons. The standard InChI is InChI=1S/C25H36N2O4S.C25H29NO5S.C22H30N2O2.C22H23NO3.C17H26N2O2/c1-6-32(29,30)17-19-9-10-21(15-27-11-7-8-20(14-27)18(2)3)22(12-19)23-16-26(4)25(28)13-24(23)31-5;1-6-32(28,29)16-18-10-11-23(31-20-9-7-8-19(13-20)17(2)3)21(12-18)22-15-26(4)25(27)14-24(22)30-5;1-16(2)17-9-11-24(12-10-17)14-18-7-5-6-8-19(18)20-15-23(3)22(25)13-21(20)26-4;1-15(2)16-8-7-9-17(12-16)26-20-11-6-5-10-18(20)19-14-23(3)22(24)13-21(19)25-4;1-13(2)15-5-7-16(8-6-15)21-12-11-19-10-9-18(4)17(20)14(19)3/h9-10,12-13,16,18,20H,6-8,11,14-15,17H2,1-5H3;7-15,17H,6,16H2,1-5H3;5-8,13,15-17H,9-12,14H2,1-4H3;5-15H,1-4H3;5-8,13-14H,9-12H2,1-4H3/t;;;;14-/m....1/s1. The molecule has 11 aromatic rings. The molecule has 3 saturated heterocycles. The van der Waals surface area contributed by atoms with Crippen molar-refractivity contribution < 1.29 is 54.8 Å². The molecule has 26 heteroatoms. The van der Waals surface area contributed by atoms with Gasteiger partial charge < -0.3 is 56.3 Å². The molecule has 0 radical (unpaired) electrons. The molecule has 0 spiro atoms. The molecule has 3 aliphatic rings. The average Bonchev–Trinajstić information content (AvgIpc) is 0.791. The van der Waals surface area contributed by atoms with Crippen molar-refractivity contribution in [2.45, 2.75) is 164 Å². The first-order chi connectivity index (χ1) is 65.2. The first-order valence-electron chi connectivity index (χ1n) is 47.8. The molecule has 24 nitrogen and oxygen atoms in total. The molecule has 3 aliphatic heterocycles. The van der Waals surface area contributed by atoms with Crippen LogP contribution in [0.3, 0.4) is 0 Å². The summed E-state index contributed by atoms with van der Waals surface area (Å²) in [4.78, 5) is 69.1. The minimum Gasteiger partial charge on any atom is -0.496 e. The maximum Gasteiger partial charge on any atom is 0.254 e. The lowest BCUT2D eigenvalue weighted by Gasteiger charge is -2.37. The number of ether oxygens (including phenoxy) is 7. The van der Waals surface area contributed by atoms with Gasteiger partial charge in [0.1, 0.15) is 58.4 Å². The number of nitrogens with zero attached hydrogens (tertiary/aromatic N) is 8. The van der Waals surface area contributed by atoms with Crippen LogP contribution in [-0.2, 0) is 77.3 Å². The third-order valence-corrected chi connectivity index (χ3v) is 29.4. The van der Waals surface area contributed by atoms with Crippen molar-refractivity contribution in [1.82, 2.24) is 37.9 Å². The zero-order valence-electron chi connectivity index (χ0n) is 84.4. The number of likely N-dealkylation sites (tertiary alicyclic amines) is 2. The Labute approximate surface area is 812 Å². The number of piperidine rings is 2. The van der Waals surface area contributed by atoms with Crippen LogP contribution >= 0.6 is 0 Å². The van der Waals surface area contributed by atoms with Crippen molar-refractivity contribution in [3.8, 4) is 96.3 Å². The number of likely N-dealkylation sites (N-methyl/N-ethyl adjacent to an activating group) is 1. The summed E-state index contributed by atoms with van der Waals surface area (Å²) >= 11 is 0. The van der Waals surface area contributed by atoms with E-state index in [0.29, 0.717) is 93.1 Å². The number of carbonyl (C=O) groups is 1. The van der Waals surface area contributed by atoms with Crippen molar-refractivity contribution >= 4 is 25.6 Å². The minimum atomic E-state index is -3.22. The Morgan fingerprint density at radius 3 is 1.27 bits per heavy atom. The lowest BCUT2D eigenvalue weighted by atomic mass is 9.86. The fraction of sp³-hybridized carbons (Fsp3) is 0.432. The normalized spacial score (nSPS) is 15.0. The van der Waals surface area contributed by atoms with E-state index in [4.69, 9.17) is 33.2 Å². The second-order valence-electron chi connectivity index (χ2n) is 37.6. The number of benzene rings is 7. The molecule has 7 aromatic carbocycles. The number of aryl methyl sites for hydroxylation is 4. The quantitative estimate of drug-likeness (QED) is 0.0391. The highest BCUT2D eigenvalue weighted by atomic mass is 32.2. The van der Waals surface area contributed by atoms with E-state index in [2.05, 4.69) is 126 Å². The van der Waals surface area contributed by atoms with Gasteiger partial charge in [-0.3, -0.25) is 38.7 Å². The van der Waals surface area contributed by atoms with Crippen molar-refractivity contribution in [2.75, 3.05) is 99.4 Å². The van der Waals surface area contributed by atoms with E-state index in [0.717, 1.165) is 132 Å². The van der Waals surface area contributed by atoms with E-state index in [1.807, 2.05) is 117 Å². The summed E-state index contributed by atoms with van der Waals surface area (Å²) in [6.45, 7) is 36.7. The summed E-state index contributed by atoms with van der Waals surface area (Å²) < 4.78 is 95.2. The highest BCUT2D eigenvalue weighted by Crippen LogP contribution is 2.43. The Morgan fingerprint density at radius 2 is 0.796 bits per heavy atom. The van der Waals surface area contributed by atoms with Gasteiger partial charge in [0.25, 0.3) is 22.2 Å². The third kappa shape index (κ3) is 29.9. The molecule has 3 fully saturated rings. The predicted octanol–water partition coefficient (Wildman–Crippen LogP) is 20.0. The summed E-state index contributed by atoms with van der Waals surface area (Å²) in [7, 11) is 8.61. The number of rotatable bonds is 31. The summed E-state index contributed by atoms with van der Waals surface area (Å²) in [6.07, 6.45) is 12.1. The second kappa shape index (κ2) is 50.0. The molecule has 1 unspecified atom stereocenters. The third-order valence-electron chi connectivity index (χ3n) is 26.1. The molecule has 7 heterocycles. The second-order valence-corrected chi connectivity index (χ2v) is 42.3. The van der Waals surface area contributed by atoms with Crippen LogP contribution in [0.2, 0.25) is 0 Å². The number of amides is 1. The van der Waals surface area contributed by atoms with Crippen LogP contribution in [0.4, 0.5) is 0 Å². The minimum absolute atomic E-state index is 0.00397. The lowest BCUT2D eigenvalue weighted by molar-refractivity contribution is -0.139. The summed E-state index contributed by atoms with van der Waals surface area (Å²) in [5, 5.41) is 0. The van der Waals surface area contributed by atoms with Gasteiger partial charge >= 0.3 is 0 Å². The maximum absolute atomic E-state index is 12.3. The van der Waals surface area contributed by atoms with E-state index >= 15 is 0 Å². The average molecular weight is 1910 g/mol. The fourth-order valence-corrected chi connectivity index (χ4v) is 19.0. The number of methoxy groups -OCH3 is 4. The van der Waals surface area contributed by atoms with Crippen LogP contribution in [0.5, 0.6) is 51.7 Å². The van der Waals surface area contributed by atoms with Crippen LogP contribution in [0.15, 0.2) is 226 Å². The van der Waals surface area contributed by atoms with E-state index in [9.17, 15) is 40.8 Å². The van der Waals surface area contributed by atoms with E-state index < -0.39 is 19.7 Å². The monoisotopic (exact) mass is 1910 g/mol. The van der Waals surface area contributed by atoms with Gasteiger partial charge in [-0.15, -0.1) is 0 Å². The maximum atomic E-state index is 12.3. The highest BCUT2D eigenvalue weighted by Gasteiger charge is 2.31. The molecule has 14 rings (SSSR count). The van der Waals surface area contributed by atoms with Gasteiger partial charge in [0.2, 0.25) is 5.91 Å². The number of para-hydroxylation sites is 1. The lowest BCUT2D eigenvalue weighted by Crippen LogP contribution is -2.55. The van der Waals surface area contributed by atoms with Gasteiger partial charge in [0, 0.05) is 168 Å².